The van der Waals surface area contributed by atoms with Crippen molar-refractivity contribution in [1.29, 1.82) is 0 Å². The van der Waals surface area contributed by atoms with Gasteiger partial charge < -0.3 is 4.48 Å². The molecule has 1 atom stereocenters. The van der Waals surface area contributed by atoms with Crippen molar-refractivity contribution in [3.05, 3.63) is 0 Å². The average Bonchev–Trinajstić information content (AvgIpc) is 1.59. The van der Waals surface area contributed by atoms with E-state index in [0.29, 0.717) is 6.61 Å². The SMILES string of the molecule is C[P+](=O)OCC[N+](C)(C)C. The Labute approximate surface area is 63.4 Å². The molecular weight excluding hydrogens is 149 g/mol. The highest BCUT2D eigenvalue weighted by Gasteiger charge is 2.11. The van der Waals surface area contributed by atoms with Gasteiger partial charge in [-0.1, -0.05) is 0 Å². The molecule has 0 aliphatic rings. The van der Waals surface area contributed by atoms with Gasteiger partial charge >= 0.3 is 8.03 Å². The zero-order valence-corrected chi connectivity index (χ0v) is 8.02. The van der Waals surface area contributed by atoms with Gasteiger partial charge in [0.2, 0.25) is 0 Å². The first kappa shape index (κ1) is 10.0. The Balaban J connectivity index is 3.29. The minimum absolute atomic E-state index is 0.579. The lowest BCUT2D eigenvalue weighted by Gasteiger charge is -2.21. The molecule has 0 bridgehead atoms. The van der Waals surface area contributed by atoms with Gasteiger partial charge in [0, 0.05) is 0 Å². The number of likely N-dealkylation sites (N-methyl/N-ethyl adjacent to an activating group) is 1. The molecule has 3 nitrogen and oxygen atoms in total. The molecule has 0 rings (SSSR count). The maximum Gasteiger partial charge on any atom is 0.505 e. The predicted molar refractivity (Wildman–Crippen MR) is 42.4 cm³/mol. The Hall–Kier alpha value is 0.0200. The first-order chi connectivity index (χ1) is 4.42. The van der Waals surface area contributed by atoms with E-state index in [1.807, 2.05) is 0 Å². The lowest BCUT2D eigenvalue weighted by Crippen LogP contribution is -2.37. The summed E-state index contributed by atoms with van der Waals surface area (Å²) in [4.78, 5) is 0. The van der Waals surface area contributed by atoms with Crippen molar-refractivity contribution in [3.63, 3.8) is 0 Å². The van der Waals surface area contributed by atoms with Crippen LogP contribution in [0.3, 0.4) is 0 Å². The molecule has 0 aliphatic heterocycles. The topological polar surface area (TPSA) is 26.3 Å². The molecular formula is C6H16NO2P+2. The van der Waals surface area contributed by atoms with Crippen LogP contribution >= 0.6 is 8.03 Å². The summed E-state index contributed by atoms with van der Waals surface area (Å²) in [6, 6.07) is 0. The van der Waals surface area contributed by atoms with Gasteiger partial charge in [-0.3, -0.25) is 0 Å². The van der Waals surface area contributed by atoms with Gasteiger partial charge in [-0.2, -0.15) is 0 Å². The van der Waals surface area contributed by atoms with Gasteiger partial charge in [-0.15, -0.1) is 4.52 Å². The monoisotopic (exact) mass is 165 g/mol. The highest BCUT2D eigenvalue weighted by atomic mass is 31.1. The molecule has 0 spiro atoms. The smallest absolute Gasteiger partial charge is 0.329 e. The van der Waals surface area contributed by atoms with Crippen LogP contribution in [-0.2, 0) is 9.09 Å². The third-order valence-electron chi connectivity index (χ3n) is 1.04. The molecule has 0 radical (unpaired) electrons. The van der Waals surface area contributed by atoms with E-state index in [1.165, 1.54) is 0 Å². The number of nitrogens with zero attached hydrogens (tertiary/aromatic N) is 1. The summed E-state index contributed by atoms with van der Waals surface area (Å²) < 4.78 is 16.2. The standard InChI is InChI=1S/C6H16NO2P/c1-7(2,3)5-6-9-10(4)8/h5-6H2,1-4H3/q+2. The summed E-state index contributed by atoms with van der Waals surface area (Å²) in [5.74, 6) is 0. The van der Waals surface area contributed by atoms with Crippen LogP contribution in [-0.4, -0.2) is 45.4 Å². The first-order valence-corrected chi connectivity index (χ1v) is 4.88. The molecule has 0 fully saturated rings. The van der Waals surface area contributed by atoms with Gasteiger partial charge in [-0.05, 0) is 4.57 Å². The highest BCUT2D eigenvalue weighted by Crippen LogP contribution is 2.14. The third kappa shape index (κ3) is 8.02. The number of quaternary nitrogens is 1. The van der Waals surface area contributed by atoms with Crippen LogP contribution in [0.15, 0.2) is 0 Å². The van der Waals surface area contributed by atoms with Crippen molar-refractivity contribution in [1.82, 2.24) is 0 Å². The molecule has 0 aromatic heterocycles. The summed E-state index contributed by atoms with van der Waals surface area (Å²) in [5, 5.41) is 0. The molecule has 10 heavy (non-hydrogen) atoms. The Kier molecular flexibility index (Phi) is 4.02. The minimum Gasteiger partial charge on any atom is -0.329 e. The predicted octanol–water partition coefficient (Wildman–Crippen LogP) is 1.08. The fourth-order valence-electron chi connectivity index (χ4n) is 0.443. The van der Waals surface area contributed by atoms with Crippen LogP contribution in [0.2, 0.25) is 0 Å². The normalized spacial score (nSPS) is 13.4. The number of hydrogen-bond donors (Lipinski definition) is 0. The fraction of sp³-hybridized carbons (Fsp3) is 1.00. The van der Waals surface area contributed by atoms with E-state index in [4.69, 9.17) is 4.52 Å². The molecule has 0 N–H and O–H groups in total. The Morgan fingerprint density at radius 2 is 1.90 bits per heavy atom. The largest absolute Gasteiger partial charge is 0.505 e. The fourth-order valence-corrected chi connectivity index (χ4v) is 0.782. The molecule has 1 unspecified atom stereocenters. The average molecular weight is 165 g/mol. The zero-order chi connectivity index (χ0) is 8.20. The quantitative estimate of drug-likeness (QED) is 0.460. The maximum absolute atomic E-state index is 10.4. The van der Waals surface area contributed by atoms with E-state index in [2.05, 4.69) is 21.1 Å². The molecule has 0 aromatic carbocycles. The third-order valence-corrected chi connectivity index (χ3v) is 1.58. The van der Waals surface area contributed by atoms with Crippen molar-refractivity contribution in [2.24, 2.45) is 0 Å². The van der Waals surface area contributed by atoms with Crippen molar-refractivity contribution >= 4 is 8.03 Å². The molecule has 0 saturated carbocycles. The second-order valence-corrected chi connectivity index (χ2v) is 4.42. The molecule has 4 heteroatoms. The van der Waals surface area contributed by atoms with Gasteiger partial charge in [-0.25, -0.2) is 0 Å². The Morgan fingerprint density at radius 3 is 2.20 bits per heavy atom. The van der Waals surface area contributed by atoms with Gasteiger partial charge in [0.25, 0.3) is 0 Å². The summed E-state index contributed by atoms with van der Waals surface area (Å²) in [6.07, 6.45) is 0. The van der Waals surface area contributed by atoms with Crippen LogP contribution in [0, 0.1) is 0 Å². The van der Waals surface area contributed by atoms with Gasteiger partial charge in [0.05, 0.1) is 21.1 Å². The number of rotatable bonds is 4. The highest BCUT2D eigenvalue weighted by molar-refractivity contribution is 7.38. The van der Waals surface area contributed by atoms with Crippen molar-refractivity contribution < 1.29 is 13.6 Å². The zero-order valence-electron chi connectivity index (χ0n) is 7.13. The lowest BCUT2D eigenvalue weighted by molar-refractivity contribution is -0.870. The lowest BCUT2D eigenvalue weighted by atomic mass is 10.5. The summed E-state index contributed by atoms with van der Waals surface area (Å²) in [5.41, 5.74) is 0. The van der Waals surface area contributed by atoms with Gasteiger partial charge in [0.15, 0.2) is 13.3 Å². The van der Waals surface area contributed by atoms with Crippen LogP contribution in [0.4, 0.5) is 0 Å². The summed E-state index contributed by atoms with van der Waals surface area (Å²) >= 11 is 0. The van der Waals surface area contributed by atoms with E-state index in [-0.39, 0.29) is 0 Å². The van der Waals surface area contributed by atoms with Crippen molar-refractivity contribution in [2.75, 3.05) is 41.0 Å². The molecule has 0 aliphatic carbocycles. The van der Waals surface area contributed by atoms with E-state index >= 15 is 0 Å². The molecule has 0 aromatic rings. The Morgan fingerprint density at radius 1 is 1.40 bits per heavy atom. The van der Waals surface area contributed by atoms with E-state index in [0.717, 1.165) is 11.0 Å². The van der Waals surface area contributed by atoms with Crippen LogP contribution < -0.4 is 0 Å². The van der Waals surface area contributed by atoms with E-state index in [9.17, 15) is 4.57 Å². The van der Waals surface area contributed by atoms with Crippen LogP contribution in [0.1, 0.15) is 0 Å². The van der Waals surface area contributed by atoms with E-state index in [1.54, 1.807) is 6.66 Å². The van der Waals surface area contributed by atoms with Crippen molar-refractivity contribution in [3.8, 4) is 0 Å². The van der Waals surface area contributed by atoms with E-state index < -0.39 is 8.03 Å². The van der Waals surface area contributed by atoms with Crippen LogP contribution in [0.5, 0.6) is 0 Å². The maximum atomic E-state index is 10.4. The summed E-state index contributed by atoms with van der Waals surface area (Å²) in [7, 11) is 4.81. The van der Waals surface area contributed by atoms with Gasteiger partial charge in [0.1, 0.15) is 6.54 Å². The molecule has 0 saturated heterocycles. The Bertz CT molecular complexity index is 119. The second kappa shape index (κ2) is 4.02. The second-order valence-electron chi connectivity index (χ2n) is 3.29. The van der Waals surface area contributed by atoms with Crippen LogP contribution in [0.25, 0.3) is 0 Å². The molecule has 60 valence electrons. The summed E-state index contributed by atoms with van der Waals surface area (Å²) in [6.45, 7) is 3.05. The first-order valence-electron chi connectivity index (χ1n) is 3.26. The number of hydrogen-bond acceptors (Lipinski definition) is 2. The van der Waals surface area contributed by atoms with Crippen molar-refractivity contribution in [2.45, 2.75) is 0 Å². The minimum atomic E-state index is -1.41. The molecule has 0 amide bonds. The molecule has 0 heterocycles.